The number of carbonyl (C=O) groups excluding carboxylic acids is 2. The van der Waals surface area contributed by atoms with Crippen LogP contribution in [0.25, 0.3) is 0 Å². The van der Waals surface area contributed by atoms with Crippen LogP contribution in [0.5, 0.6) is 0 Å². The van der Waals surface area contributed by atoms with Crippen LogP contribution in [-0.4, -0.2) is 36.3 Å². The second-order valence-electron chi connectivity index (χ2n) is 7.19. The lowest BCUT2D eigenvalue weighted by molar-refractivity contribution is -0.138. The number of benzene rings is 1. The molecule has 3 rings (SSSR count). The molecular formula is C18H22ClFN2O2. The van der Waals surface area contributed by atoms with E-state index in [1.807, 2.05) is 4.90 Å². The van der Waals surface area contributed by atoms with Gasteiger partial charge in [-0.2, -0.15) is 0 Å². The molecule has 6 heteroatoms. The summed E-state index contributed by atoms with van der Waals surface area (Å²) in [6, 6.07) is 4.21. The van der Waals surface area contributed by atoms with Crippen LogP contribution in [-0.2, 0) is 9.59 Å². The Morgan fingerprint density at radius 1 is 1.21 bits per heavy atom. The molecule has 0 radical (unpaired) electrons. The van der Waals surface area contributed by atoms with Crippen LogP contribution in [0, 0.1) is 23.6 Å². The van der Waals surface area contributed by atoms with Gasteiger partial charge in [0.15, 0.2) is 0 Å². The zero-order valence-corrected chi connectivity index (χ0v) is 14.7. The van der Waals surface area contributed by atoms with Gasteiger partial charge in [-0.1, -0.05) is 25.4 Å². The Balaban J connectivity index is 1.72. The largest absolute Gasteiger partial charge is 0.342 e. The number of anilines is 1. The van der Waals surface area contributed by atoms with E-state index < -0.39 is 5.82 Å². The van der Waals surface area contributed by atoms with Crippen LogP contribution in [0.3, 0.4) is 0 Å². The van der Waals surface area contributed by atoms with Gasteiger partial charge < -0.3 is 9.80 Å². The van der Waals surface area contributed by atoms with Crippen LogP contribution in [0.15, 0.2) is 18.2 Å². The highest BCUT2D eigenvalue weighted by molar-refractivity contribution is 6.31. The number of hydrogen-bond donors (Lipinski definition) is 0. The van der Waals surface area contributed by atoms with E-state index in [4.69, 9.17) is 11.6 Å². The number of likely N-dealkylation sites (tertiary alicyclic amines) is 1. The lowest BCUT2D eigenvalue weighted by atomic mass is 9.91. The van der Waals surface area contributed by atoms with Crippen molar-refractivity contribution in [3.05, 3.63) is 29.0 Å². The van der Waals surface area contributed by atoms with Gasteiger partial charge >= 0.3 is 0 Å². The number of rotatable bonds is 2. The van der Waals surface area contributed by atoms with Crippen molar-refractivity contribution in [1.29, 1.82) is 0 Å². The highest BCUT2D eigenvalue weighted by Crippen LogP contribution is 2.30. The number of hydrogen-bond acceptors (Lipinski definition) is 2. The molecule has 3 unspecified atom stereocenters. The Morgan fingerprint density at radius 3 is 2.50 bits per heavy atom. The first-order valence-electron chi connectivity index (χ1n) is 8.39. The maximum absolute atomic E-state index is 13.3. The number of carbonyl (C=O) groups is 2. The molecule has 2 aliphatic rings. The van der Waals surface area contributed by atoms with Crippen molar-refractivity contribution in [2.75, 3.05) is 24.5 Å². The Labute approximate surface area is 146 Å². The zero-order chi connectivity index (χ0) is 17.4. The van der Waals surface area contributed by atoms with Crippen molar-refractivity contribution in [2.45, 2.75) is 26.7 Å². The van der Waals surface area contributed by atoms with Crippen LogP contribution in [0.4, 0.5) is 10.1 Å². The summed E-state index contributed by atoms with van der Waals surface area (Å²) in [5, 5.41) is -0.0197. The van der Waals surface area contributed by atoms with Crippen LogP contribution < -0.4 is 4.90 Å². The van der Waals surface area contributed by atoms with Gasteiger partial charge in [-0.05, 0) is 36.5 Å². The average molecular weight is 353 g/mol. The normalized spacial score (nSPS) is 27.7. The molecule has 0 aromatic heterocycles. The summed E-state index contributed by atoms with van der Waals surface area (Å²) in [6.07, 6.45) is 1.33. The second kappa shape index (κ2) is 6.71. The summed E-state index contributed by atoms with van der Waals surface area (Å²) in [6.45, 7) is 6.16. The minimum atomic E-state index is -0.518. The summed E-state index contributed by atoms with van der Waals surface area (Å²) < 4.78 is 13.3. The monoisotopic (exact) mass is 352 g/mol. The molecule has 0 bridgehead atoms. The highest BCUT2D eigenvalue weighted by atomic mass is 35.5. The molecule has 2 amide bonds. The summed E-state index contributed by atoms with van der Waals surface area (Å²) >= 11 is 5.80. The summed E-state index contributed by atoms with van der Waals surface area (Å²) in [5.74, 6) is 0.0602. The van der Waals surface area contributed by atoms with Crippen molar-refractivity contribution in [3.8, 4) is 0 Å². The first-order chi connectivity index (χ1) is 11.3. The Morgan fingerprint density at radius 2 is 1.88 bits per heavy atom. The van der Waals surface area contributed by atoms with Crippen molar-refractivity contribution in [2.24, 2.45) is 17.8 Å². The van der Waals surface area contributed by atoms with E-state index >= 15 is 0 Å². The smallest absolute Gasteiger partial charge is 0.228 e. The fourth-order valence-corrected chi connectivity index (χ4v) is 4.05. The third-order valence-electron chi connectivity index (χ3n) is 4.87. The molecular weight excluding hydrogens is 331 g/mol. The van der Waals surface area contributed by atoms with Gasteiger partial charge in [-0.25, -0.2) is 4.39 Å². The predicted octanol–water partition coefficient (Wildman–Crippen LogP) is 3.34. The first-order valence-corrected chi connectivity index (χ1v) is 8.77. The minimum Gasteiger partial charge on any atom is -0.342 e. The van der Waals surface area contributed by atoms with Gasteiger partial charge in [0.05, 0.1) is 10.9 Å². The summed E-state index contributed by atoms with van der Waals surface area (Å²) in [5.41, 5.74) is 0.544. The van der Waals surface area contributed by atoms with Gasteiger partial charge in [-0.15, -0.1) is 0 Å². The van der Waals surface area contributed by atoms with Gasteiger partial charge in [-0.3, -0.25) is 9.59 Å². The molecule has 4 nitrogen and oxygen atoms in total. The SMILES string of the molecule is CC1CC(C)CN(C(=O)C2CC(=O)N(c3ccc(F)c(Cl)c3)C2)C1. The van der Waals surface area contributed by atoms with Crippen molar-refractivity contribution in [3.63, 3.8) is 0 Å². The van der Waals surface area contributed by atoms with E-state index in [0.29, 0.717) is 24.1 Å². The maximum Gasteiger partial charge on any atom is 0.228 e. The molecule has 2 fully saturated rings. The van der Waals surface area contributed by atoms with E-state index in [1.54, 1.807) is 0 Å². The quantitative estimate of drug-likeness (QED) is 0.819. The molecule has 2 aliphatic heterocycles. The number of halogens is 2. The number of amides is 2. The Kier molecular flexibility index (Phi) is 4.81. The molecule has 1 aromatic carbocycles. The summed E-state index contributed by atoms with van der Waals surface area (Å²) in [4.78, 5) is 28.5. The van der Waals surface area contributed by atoms with E-state index in [2.05, 4.69) is 13.8 Å². The highest BCUT2D eigenvalue weighted by Gasteiger charge is 2.38. The third-order valence-corrected chi connectivity index (χ3v) is 5.16. The van der Waals surface area contributed by atoms with E-state index in [-0.39, 0.29) is 29.2 Å². The number of piperidine rings is 1. The van der Waals surface area contributed by atoms with Gasteiger partial charge in [0.1, 0.15) is 5.82 Å². The van der Waals surface area contributed by atoms with E-state index in [1.165, 1.54) is 23.1 Å². The maximum atomic E-state index is 13.3. The molecule has 0 aliphatic carbocycles. The standard InChI is InChI=1S/C18H22ClFN2O2/c1-11-5-12(2)9-21(8-11)18(24)13-6-17(23)22(10-13)14-3-4-16(20)15(19)7-14/h3-4,7,11-13H,5-6,8-10H2,1-2H3. The fourth-order valence-electron chi connectivity index (χ4n) is 3.88. The molecule has 0 saturated carbocycles. The molecule has 1 aromatic rings. The van der Waals surface area contributed by atoms with Gasteiger partial charge in [0.2, 0.25) is 11.8 Å². The molecule has 130 valence electrons. The molecule has 2 saturated heterocycles. The lowest BCUT2D eigenvalue weighted by Crippen LogP contribution is -2.45. The first kappa shape index (κ1) is 17.2. The van der Waals surface area contributed by atoms with E-state index in [9.17, 15) is 14.0 Å². The van der Waals surface area contributed by atoms with Crippen molar-refractivity contribution in [1.82, 2.24) is 4.90 Å². The van der Waals surface area contributed by atoms with Crippen LogP contribution >= 0.6 is 11.6 Å². The van der Waals surface area contributed by atoms with Crippen LogP contribution in [0.1, 0.15) is 26.7 Å². The Bertz CT molecular complexity index is 656. The molecule has 2 heterocycles. The lowest BCUT2D eigenvalue weighted by Gasteiger charge is -2.36. The average Bonchev–Trinajstić information content (AvgIpc) is 2.90. The third kappa shape index (κ3) is 3.41. The Hall–Kier alpha value is -1.62. The summed E-state index contributed by atoms with van der Waals surface area (Å²) in [7, 11) is 0. The zero-order valence-electron chi connectivity index (χ0n) is 14.0. The fraction of sp³-hybridized carbons (Fsp3) is 0.556. The minimum absolute atomic E-state index is 0.0197. The molecule has 3 atom stereocenters. The second-order valence-corrected chi connectivity index (χ2v) is 7.60. The van der Waals surface area contributed by atoms with Crippen molar-refractivity contribution >= 4 is 29.1 Å². The van der Waals surface area contributed by atoms with Crippen LogP contribution in [0.2, 0.25) is 5.02 Å². The van der Waals surface area contributed by atoms with E-state index in [0.717, 1.165) is 19.5 Å². The molecule has 0 spiro atoms. The molecule has 24 heavy (non-hydrogen) atoms. The topological polar surface area (TPSA) is 40.6 Å². The molecule has 0 N–H and O–H groups in total. The van der Waals surface area contributed by atoms with Gasteiger partial charge in [0, 0.05) is 31.7 Å². The van der Waals surface area contributed by atoms with Crippen molar-refractivity contribution < 1.29 is 14.0 Å². The van der Waals surface area contributed by atoms with Gasteiger partial charge in [0.25, 0.3) is 0 Å². The number of nitrogens with zero attached hydrogens (tertiary/aromatic N) is 2. The predicted molar refractivity (Wildman–Crippen MR) is 91.4 cm³/mol.